The molecule has 4 N–H and O–H groups in total. The molecule has 0 aromatic rings. The van der Waals surface area contributed by atoms with Crippen molar-refractivity contribution in [1.29, 1.82) is 0 Å². The van der Waals surface area contributed by atoms with Crippen molar-refractivity contribution in [1.82, 2.24) is 4.90 Å². The number of carbonyl (C=O) groups is 1. The first kappa shape index (κ1) is 13.8. The van der Waals surface area contributed by atoms with Crippen molar-refractivity contribution in [3.05, 3.63) is 0 Å². The molecule has 0 bridgehead atoms. The van der Waals surface area contributed by atoms with Gasteiger partial charge in [-0.2, -0.15) is 0 Å². The van der Waals surface area contributed by atoms with Gasteiger partial charge in [0.25, 0.3) is 0 Å². The minimum Gasteiger partial charge on any atom is -0.341 e. The first-order valence-electron chi connectivity index (χ1n) is 7.22. The first-order chi connectivity index (χ1) is 8.47. The lowest BCUT2D eigenvalue weighted by atomic mass is 9.84. The van der Waals surface area contributed by atoms with E-state index in [0.29, 0.717) is 11.3 Å². The van der Waals surface area contributed by atoms with Gasteiger partial charge in [-0.3, -0.25) is 4.79 Å². The molecule has 104 valence electrons. The maximum atomic E-state index is 12.3. The van der Waals surface area contributed by atoms with Crippen molar-refractivity contribution in [3.8, 4) is 0 Å². The van der Waals surface area contributed by atoms with E-state index in [2.05, 4.69) is 0 Å². The summed E-state index contributed by atoms with van der Waals surface area (Å²) < 4.78 is 0. The van der Waals surface area contributed by atoms with Crippen LogP contribution in [-0.2, 0) is 4.79 Å². The molecule has 0 radical (unpaired) electrons. The molecule has 3 atom stereocenters. The molecule has 1 aliphatic heterocycles. The van der Waals surface area contributed by atoms with E-state index in [-0.39, 0.29) is 17.9 Å². The summed E-state index contributed by atoms with van der Waals surface area (Å²) in [5.41, 5.74) is 12.1. The third kappa shape index (κ3) is 2.54. The van der Waals surface area contributed by atoms with Crippen LogP contribution in [0, 0.1) is 17.3 Å². The van der Waals surface area contributed by atoms with E-state index >= 15 is 0 Å². The smallest absolute Gasteiger partial charge is 0.239 e. The van der Waals surface area contributed by atoms with E-state index in [1.807, 2.05) is 18.7 Å². The highest BCUT2D eigenvalue weighted by molar-refractivity contribution is 5.82. The van der Waals surface area contributed by atoms with Gasteiger partial charge < -0.3 is 16.4 Å². The number of amides is 1. The van der Waals surface area contributed by atoms with Gasteiger partial charge in [0.05, 0.1) is 6.04 Å². The standard InChI is InChI=1S/C14H27N3O/c1-10(2)12(16)13(18)17-6-5-14(9-17)4-3-11(7-14)8-15/h10-12H,3-9,15-16H2,1-2H3/t11-,12-,14+/m0/s1. The molecule has 4 heteroatoms. The van der Waals surface area contributed by atoms with E-state index in [4.69, 9.17) is 11.5 Å². The Balaban J connectivity index is 1.94. The van der Waals surface area contributed by atoms with Crippen molar-refractivity contribution >= 4 is 5.91 Å². The molecule has 2 rings (SSSR count). The molecule has 2 fully saturated rings. The highest BCUT2D eigenvalue weighted by Crippen LogP contribution is 2.47. The first-order valence-corrected chi connectivity index (χ1v) is 7.22. The van der Waals surface area contributed by atoms with Gasteiger partial charge in [-0.15, -0.1) is 0 Å². The van der Waals surface area contributed by atoms with Crippen LogP contribution in [0.25, 0.3) is 0 Å². The van der Waals surface area contributed by atoms with Crippen molar-refractivity contribution < 1.29 is 4.79 Å². The predicted octanol–water partition coefficient (Wildman–Crippen LogP) is 0.947. The van der Waals surface area contributed by atoms with E-state index in [0.717, 1.165) is 26.1 Å². The molecular formula is C14H27N3O. The lowest BCUT2D eigenvalue weighted by molar-refractivity contribution is -0.132. The fraction of sp³-hybridized carbons (Fsp3) is 0.929. The number of carbonyl (C=O) groups excluding carboxylic acids is 1. The largest absolute Gasteiger partial charge is 0.341 e. The number of likely N-dealkylation sites (tertiary alicyclic amines) is 1. The Hall–Kier alpha value is -0.610. The zero-order chi connectivity index (χ0) is 13.3. The maximum Gasteiger partial charge on any atom is 0.239 e. The average molecular weight is 253 g/mol. The highest BCUT2D eigenvalue weighted by atomic mass is 16.2. The normalized spacial score (nSPS) is 33.6. The summed E-state index contributed by atoms with van der Waals surface area (Å²) in [4.78, 5) is 14.2. The molecule has 0 aromatic heterocycles. The van der Waals surface area contributed by atoms with Gasteiger partial charge in [-0.25, -0.2) is 0 Å². The SMILES string of the molecule is CC(C)[C@H](N)C(=O)N1CC[C@@]2(CC[C@H](CN)C2)C1. The summed E-state index contributed by atoms with van der Waals surface area (Å²) in [6, 6.07) is -0.341. The van der Waals surface area contributed by atoms with Crippen molar-refractivity contribution in [2.45, 2.75) is 45.6 Å². The maximum absolute atomic E-state index is 12.3. The number of rotatable bonds is 3. The summed E-state index contributed by atoms with van der Waals surface area (Å²) in [5, 5.41) is 0. The van der Waals surface area contributed by atoms with Gasteiger partial charge in [0.15, 0.2) is 0 Å². The Morgan fingerprint density at radius 1 is 1.44 bits per heavy atom. The molecule has 1 heterocycles. The van der Waals surface area contributed by atoms with Gasteiger partial charge in [0, 0.05) is 13.1 Å². The van der Waals surface area contributed by atoms with Crippen molar-refractivity contribution in [3.63, 3.8) is 0 Å². The Morgan fingerprint density at radius 2 is 2.17 bits per heavy atom. The number of nitrogens with zero attached hydrogens (tertiary/aromatic N) is 1. The molecule has 1 saturated carbocycles. The fourth-order valence-electron chi connectivity index (χ4n) is 3.52. The second-order valence-corrected chi connectivity index (χ2v) is 6.62. The summed E-state index contributed by atoms with van der Waals surface area (Å²) in [6.45, 7) is 6.60. The molecule has 0 unspecified atom stereocenters. The van der Waals surface area contributed by atoms with Gasteiger partial charge in [-0.1, -0.05) is 13.8 Å². The van der Waals surface area contributed by atoms with Crippen LogP contribution in [0.15, 0.2) is 0 Å². The zero-order valence-electron chi connectivity index (χ0n) is 11.7. The summed E-state index contributed by atoms with van der Waals surface area (Å²) in [7, 11) is 0. The molecular weight excluding hydrogens is 226 g/mol. The predicted molar refractivity (Wildman–Crippen MR) is 72.8 cm³/mol. The van der Waals surface area contributed by atoms with Crippen LogP contribution in [0.1, 0.15) is 39.5 Å². The average Bonchev–Trinajstić information content (AvgIpc) is 2.95. The van der Waals surface area contributed by atoms with Crippen LogP contribution in [0.2, 0.25) is 0 Å². The van der Waals surface area contributed by atoms with Crippen LogP contribution in [0.3, 0.4) is 0 Å². The van der Waals surface area contributed by atoms with Crippen LogP contribution in [0.4, 0.5) is 0 Å². The Labute approximate surface area is 110 Å². The van der Waals surface area contributed by atoms with E-state index in [9.17, 15) is 4.79 Å². The molecule has 2 aliphatic rings. The Morgan fingerprint density at radius 3 is 2.72 bits per heavy atom. The minimum atomic E-state index is -0.341. The molecule has 0 aromatic carbocycles. The monoisotopic (exact) mass is 253 g/mol. The lowest BCUT2D eigenvalue weighted by Crippen LogP contribution is -2.46. The lowest BCUT2D eigenvalue weighted by Gasteiger charge is -2.26. The number of hydrogen-bond acceptors (Lipinski definition) is 3. The molecule has 1 aliphatic carbocycles. The van der Waals surface area contributed by atoms with Gasteiger partial charge >= 0.3 is 0 Å². The second kappa shape index (κ2) is 5.17. The van der Waals surface area contributed by atoms with Gasteiger partial charge in [-0.05, 0) is 49.5 Å². The molecule has 1 spiro atoms. The summed E-state index contributed by atoms with van der Waals surface area (Å²) in [6.07, 6.45) is 4.80. The molecule has 4 nitrogen and oxygen atoms in total. The van der Waals surface area contributed by atoms with Crippen LogP contribution < -0.4 is 11.5 Å². The highest BCUT2D eigenvalue weighted by Gasteiger charge is 2.45. The quantitative estimate of drug-likeness (QED) is 0.786. The molecule has 1 amide bonds. The van der Waals surface area contributed by atoms with Crippen molar-refractivity contribution in [2.75, 3.05) is 19.6 Å². The molecule has 1 saturated heterocycles. The minimum absolute atomic E-state index is 0.137. The summed E-state index contributed by atoms with van der Waals surface area (Å²) in [5.74, 6) is 1.02. The number of hydrogen-bond donors (Lipinski definition) is 2. The Kier molecular flexibility index (Phi) is 3.97. The van der Waals surface area contributed by atoms with Crippen LogP contribution >= 0.6 is 0 Å². The van der Waals surface area contributed by atoms with Crippen LogP contribution in [-0.4, -0.2) is 36.5 Å². The van der Waals surface area contributed by atoms with Crippen LogP contribution in [0.5, 0.6) is 0 Å². The topological polar surface area (TPSA) is 72.4 Å². The zero-order valence-corrected chi connectivity index (χ0v) is 11.7. The third-order valence-electron chi connectivity index (χ3n) is 4.89. The molecule has 18 heavy (non-hydrogen) atoms. The van der Waals surface area contributed by atoms with Gasteiger partial charge in [0.2, 0.25) is 5.91 Å². The third-order valence-corrected chi connectivity index (χ3v) is 4.89. The van der Waals surface area contributed by atoms with E-state index < -0.39 is 0 Å². The Bertz CT molecular complexity index is 318. The number of nitrogens with two attached hydrogens (primary N) is 2. The van der Waals surface area contributed by atoms with E-state index in [1.165, 1.54) is 19.3 Å². The fourth-order valence-corrected chi connectivity index (χ4v) is 3.52. The van der Waals surface area contributed by atoms with Gasteiger partial charge in [0.1, 0.15) is 0 Å². The summed E-state index contributed by atoms with van der Waals surface area (Å²) >= 11 is 0. The van der Waals surface area contributed by atoms with Crippen molar-refractivity contribution in [2.24, 2.45) is 28.7 Å². The van der Waals surface area contributed by atoms with E-state index in [1.54, 1.807) is 0 Å². The second-order valence-electron chi connectivity index (χ2n) is 6.62.